The minimum Gasteiger partial charge on any atom is -0.342 e. The van der Waals surface area contributed by atoms with Crippen LogP contribution in [0.25, 0.3) is 0 Å². The summed E-state index contributed by atoms with van der Waals surface area (Å²) < 4.78 is 0. The summed E-state index contributed by atoms with van der Waals surface area (Å²) in [5, 5.41) is 0. The van der Waals surface area contributed by atoms with Crippen LogP contribution in [-0.4, -0.2) is 23.9 Å². The van der Waals surface area contributed by atoms with Crippen LogP contribution in [0.2, 0.25) is 0 Å². The van der Waals surface area contributed by atoms with E-state index in [0.717, 1.165) is 44.7 Å². The van der Waals surface area contributed by atoms with Crippen LogP contribution < -0.4 is 0 Å². The van der Waals surface area contributed by atoms with Crippen LogP contribution >= 0.6 is 0 Å². The lowest BCUT2D eigenvalue weighted by molar-refractivity contribution is -0.134. The van der Waals surface area contributed by atoms with Crippen molar-refractivity contribution in [3.8, 4) is 0 Å². The molecule has 1 heterocycles. The molecule has 2 atom stereocenters. The topological polar surface area (TPSA) is 20.3 Å². The highest BCUT2D eigenvalue weighted by molar-refractivity contribution is 5.83. The van der Waals surface area contributed by atoms with Crippen LogP contribution in [0.3, 0.4) is 0 Å². The van der Waals surface area contributed by atoms with E-state index in [-0.39, 0.29) is 5.92 Å². The predicted octanol–water partition coefficient (Wildman–Crippen LogP) is 4.27. The summed E-state index contributed by atoms with van der Waals surface area (Å²) in [5.74, 6) is 1.81. The zero-order valence-electron chi connectivity index (χ0n) is 14.1. The van der Waals surface area contributed by atoms with E-state index in [4.69, 9.17) is 0 Å². The summed E-state index contributed by atoms with van der Waals surface area (Å²) in [6.07, 6.45) is 4.47. The third-order valence-electron chi connectivity index (χ3n) is 5.63. The molecule has 1 saturated heterocycles. The molecule has 2 unspecified atom stereocenters. The van der Waals surface area contributed by atoms with Gasteiger partial charge in [-0.2, -0.15) is 0 Å². The minimum atomic E-state index is 0.234. The highest BCUT2D eigenvalue weighted by atomic mass is 16.2. The van der Waals surface area contributed by atoms with Gasteiger partial charge >= 0.3 is 0 Å². The number of hydrogen-bond donors (Lipinski definition) is 0. The monoisotopic (exact) mass is 319 g/mol. The fraction of sp³-hybridized carbons (Fsp3) is 0.409. The van der Waals surface area contributed by atoms with E-state index < -0.39 is 0 Å². The Morgan fingerprint density at radius 1 is 0.917 bits per heavy atom. The molecule has 2 nitrogen and oxygen atoms in total. The van der Waals surface area contributed by atoms with Crippen LogP contribution in [-0.2, 0) is 11.2 Å². The molecular formula is C22H25NO. The van der Waals surface area contributed by atoms with E-state index in [1.54, 1.807) is 0 Å². The second-order valence-corrected chi connectivity index (χ2v) is 7.32. The molecule has 0 spiro atoms. The van der Waals surface area contributed by atoms with E-state index >= 15 is 0 Å². The Hall–Kier alpha value is -2.09. The van der Waals surface area contributed by atoms with Gasteiger partial charge in [0.25, 0.3) is 0 Å². The van der Waals surface area contributed by atoms with Crippen LogP contribution in [0, 0.1) is 11.8 Å². The highest BCUT2D eigenvalue weighted by Crippen LogP contribution is 2.48. The first kappa shape index (κ1) is 15.4. The van der Waals surface area contributed by atoms with E-state index in [1.807, 2.05) is 6.07 Å². The quantitative estimate of drug-likeness (QED) is 0.824. The van der Waals surface area contributed by atoms with Crippen molar-refractivity contribution < 1.29 is 4.79 Å². The summed E-state index contributed by atoms with van der Waals surface area (Å²) in [6.45, 7) is 1.88. The predicted molar refractivity (Wildman–Crippen MR) is 96.7 cm³/mol. The maximum atomic E-state index is 12.7. The lowest BCUT2D eigenvalue weighted by Crippen LogP contribution is -2.40. The van der Waals surface area contributed by atoms with Gasteiger partial charge in [0, 0.05) is 19.0 Å². The molecule has 24 heavy (non-hydrogen) atoms. The summed E-state index contributed by atoms with van der Waals surface area (Å²) >= 11 is 0. The van der Waals surface area contributed by atoms with E-state index in [9.17, 15) is 4.79 Å². The smallest absolute Gasteiger partial charge is 0.226 e. The molecule has 2 aliphatic rings. The van der Waals surface area contributed by atoms with Gasteiger partial charge in [-0.15, -0.1) is 0 Å². The lowest BCUT2D eigenvalue weighted by atomic mass is 9.90. The molecule has 2 aromatic carbocycles. The van der Waals surface area contributed by atoms with Gasteiger partial charge in [0.05, 0.1) is 0 Å². The zero-order chi connectivity index (χ0) is 16.4. The number of benzene rings is 2. The molecule has 4 rings (SSSR count). The van der Waals surface area contributed by atoms with E-state index in [1.165, 1.54) is 11.1 Å². The molecule has 0 N–H and O–H groups in total. The second-order valence-electron chi connectivity index (χ2n) is 7.32. The number of piperidine rings is 1. The number of hydrogen-bond acceptors (Lipinski definition) is 1. The highest BCUT2D eigenvalue weighted by Gasteiger charge is 2.45. The Balaban J connectivity index is 1.28. The van der Waals surface area contributed by atoms with Crippen molar-refractivity contribution in [2.75, 3.05) is 13.1 Å². The molecule has 124 valence electrons. The number of carbonyl (C=O) groups is 1. The Morgan fingerprint density at radius 2 is 1.54 bits per heavy atom. The summed E-state index contributed by atoms with van der Waals surface area (Å²) in [6, 6.07) is 21.2. The molecular weight excluding hydrogens is 294 g/mol. The van der Waals surface area contributed by atoms with Crippen molar-refractivity contribution in [2.24, 2.45) is 11.8 Å². The van der Waals surface area contributed by atoms with Gasteiger partial charge in [0.15, 0.2) is 0 Å². The van der Waals surface area contributed by atoms with Crippen LogP contribution in [0.1, 0.15) is 36.3 Å². The first-order chi connectivity index (χ1) is 11.8. The summed E-state index contributed by atoms with van der Waals surface area (Å²) in [5.41, 5.74) is 2.75. The number of nitrogens with zero attached hydrogens (tertiary/aromatic N) is 1. The number of likely N-dealkylation sites (tertiary alicyclic amines) is 1. The SMILES string of the molecule is O=C(C1CC1c1ccccc1)N1CCC(Cc2ccccc2)CC1. The number of carbonyl (C=O) groups excluding carboxylic acids is 1. The van der Waals surface area contributed by atoms with Crippen molar-refractivity contribution in [2.45, 2.75) is 31.6 Å². The maximum absolute atomic E-state index is 12.7. The maximum Gasteiger partial charge on any atom is 0.226 e. The third kappa shape index (κ3) is 3.38. The Labute approximate surface area is 144 Å². The van der Waals surface area contributed by atoms with Gasteiger partial charge < -0.3 is 4.90 Å². The van der Waals surface area contributed by atoms with Gasteiger partial charge in [-0.3, -0.25) is 4.79 Å². The largest absolute Gasteiger partial charge is 0.342 e. The van der Waals surface area contributed by atoms with Gasteiger partial charge in [0.1, 0.15) is 0 Å². The van der Waals surface area contributed by atoms with Crippen molar-refractivity contribution in [1.29, 1.82) is 0 Å². The first-order valence-electron chi connectivity index (χ1n) is 9.19. The van der Waals surface area contributed by atoms with Crippen LogP contribution in [0.4, 0.5) is 0 Å². The fourth-order valence-corrected chi connectivity index (χ4v) is 4.08. The standard InChI is InChI=1S/C22H25NO/c24-22(21-16-20(21)19-9-5-2-6-10-19)23-13-11-18(12-14-23)15-17-7-3-1-4-8-17/h1-10,18,20-21H,11-16H2. The summed E-state index contributed by atoms with van der Waals surface area (Å²) in [7, 11) is 0. The van der Waals surface area contributed by atoms with Gasteiger partial charge in [-0.05, 0) is 48.6 Å². The normalized spacial score (nSPS) is 23.9. The van der Waals surface area contributed by atoms with Crippen molar-refractivity contribution in [3.63, 3.8) is 0 Å². The summed E-state index contributed by atoms with van der Waals surface area (Å²) in [4.78, 5) is 14.9. The number of rotatable bonds is 4. The fourth-order valence-electron chi connectivity index (χ4n) is 4.08. The zero-order valence-corrected chi connectivity index (χ0v) is 14.1. The molecule has 0 radical (unpaired) electrons. The van der Waals surface area contributed by atoms with Crippen LogP contribution in [0.5, 0.6) is 0 Å². The minimum absolute atomic E-state index is 0.234. The van der Waals surface area contributed by atoms with E-state index in [2.05, 4.69) is 59.5 Å². The molecule has 2 heteroatoms. The van der Waals surface area contributed by atoms with Crippen LogP contribution in [0.15, 0.2) is 60.7 Å². The molecule has 1 aliphatic carbocycles. The van der Waals surface area contributed by atoms with Crippen molar-refractivity contribution >= 4 is 5.91 Å². The molecule has 2 fully saturated rings. The van der Waals surface area contributed by atoms with Gasteiger partial charge in [-0.1, -0.05) is 60.7 Å². The number of amides is 1. The average Bonchev–Trinajstić information content (AvgIpc) is 3.44. The third-order valence-corrected chi connectivity index (χ3v) is 5.63. The lowest BCUT2D eigenvalue weighted by Gasteiger charge is -2.32. The van der Waals surface area contributed by atoms with Crippen molar-refractivity contribution in [1.82, 2.24) is 4.90 Å². The molecule has 2 aromatic rings. The van der Waals surface area contributed by atoms with E-state index in [0.29, 0.717) is 11.8 Å². The van der Waals surface area contributed by atoms with Crippen molar-refractivity contribution in [3.05, 3.63) is 71.8 Å². The van der Waals surface area contributed by atoms with Gasteiger partial charge in [-0.25, -0.2) is 0 Å². The molecule has 1 aliphatic heterocycles. The first-order valence-corrected chi connectivity index (χ1v) is 9.19. The average molecular weight is 319 g/mol. The molecule has 1 saturated carbocycles. The second kappa shape index (κ2) is 6.80. The Morgan fingerprint density at radius 3 is 2.21 bits per heavy atom. The molecule has 1 amide bonds. The Bertz CT molecular complexity index is 674. The Kier molecular flexibility index (Phi) is 4.38. The molecule has 0 bridgehead atoms. The van der Waals surface area contributed by atoms with Gasteiger partial charge in [0.2, 0.25) is 5.91 Å². The molecule has 0 aromatic heterocycles.